The van der Waals surface area contributed by atoms with E-state index in [-0.39, 0.29) is 12.5 Å². The molecule has 0 atom stereocenters. The molecular formula is C9H6N2O2. The fourth-order valence-electron chi connectivity index (χ4n) is 1.15. The van der Waals surface area contributed by atoms with Gasteiger partial charge in [0.25, 0.3) is 0 Å². The Hall–Kier alpha value is -1.86. The number of benzene rings is 1. The molecule has 1 heterocycles. The summed E-state index contributed by atoms with van der Waals surface area (Å²) >= 11 is 0. The van der Waals surface area contributed by atoms with Crippen molar-refractivity contribution < 1.29 is 9.52 Å². The number of nitrogens with zero attached hydrogens (tertiary/aromatic N) is 2. The summed E-state index contributed by atoms with van der Waals surface area (Å²) in [6, 6.07) is 7.09. The first-order valence-electron chi connectivity index (χ1n) is 3.74. The van der Waals surface area contributed by atoms with E-state index in [9.17, 15) is 0 Å². The molecule has 64 valence electrons. The van der Waals surface area contributed by atoms with E-state index in [1.54, 1.807) is 18.2 Å². The van der Waals surface area contributed by atoms with Crippen LogP contribution in [-0.2, 0) is 6.61 Å². The van der Waals surface area contributed by atoms with E-state index in [4.69, 9.17) is 14.8 Å². The van der Waals surface area contributed by atoms with Gasteiger partial charge in [0.15, 0.2) is 5.58 Å². The normalized spacial score (nSPS) is 10.2. The molecule has 1 aromatic heterocycles. The van der Waals surface area contributed by atoms with Gasteiger partial charge in [0, 0.05) is 0 Å². The molecule has 0 amide bonds. The summed E-state index contributed by atoms with van der Waals surface area (Å²) in [5.74, 6) is 0.234. The zero-order chi connectivity index (χ0) is 9.26. The molecule has 2 aromatic rings. The van der Waals surface area contributed by atoms with Gasteiger partial charge in [-0.05, 0) is 12.1 Å². The number of hydrogen-bond acceptors (Lipinski definition) is 4. The monoisotopic (exact) mass is 174 g/mol. The van der Waals surface area contributed by atoms with Crippen molar-refractivity contribution in [2.75, 3.05) is 0 Å². The van der Waals surface area contributed by atoms with Crippen LogP contribution < -0.4 is 0 Å². The van der Waals surface area contributed by atoms with Crippen LogP contribution >= 0.6 is 0 Å². The van der Waals surface area contributed by atoms with Crippen LogP contribution in [0.4, 0.5) is 0 Å². The number of para-hydroxylation sites is 1. The molecule has 0 unspecified atom stereocenters. The van der Waals surface area contributed by atoms with Gasteiger partial charge in [-0.3, -0.25) is 0 Å². The van der Waals surface area contributed by atoms with Gasteiger partial charge in [-0.1, -0.05) is 6.07 Å². The third kappa shape index (κ3) is 1.15. The molecule has 4 heteroatoms. The highest BCUT2D eigenvalue weighted by Gasteiger charge is 2.07. The molecule has 13 heavy (non-hydrogen) atoms. The van der Waals surface area contributed by atoms with E-state index < -0.39 is 0 Å². The molecule has 0 aliphatic heterocycles. The molecule has 0 aliphatic rings. The van der Waals surface area contributed by atoms with Gasteiger partial charge in [0.05, 0.1) is 5.56 Å². The molecule has 2 rings (SSSR count). The van der Waals surface area contributed by atoms with E-state index in [2.05, 4.69) is 4.98 Å². The molecule has 0 saturated heterocycles. The maximum atomic E-state index is 8.76. The number of aliphatic hydroxyl groups is 1. The lowest BCUT2D eigenvalue weighted by molar-refractivity contribution is 0.244. The number of aromatic nitrogens is 1. The number of hydrogen-bond donors (Lipinski definition) is 1. The lowest BCUT2D eigenvalue weighted by Crippen LogP contribution is -1.81. The molecule has 0 bridgehead atoms. The van der Waals surface area contributed by atoms with Crippen molar-refractivity contribution >= 4 is 11.1 Å². The Morgan fingerprint density at radius 3 is 3.08 bits per heavy atom. The highest BCUT2D eigenvalue weighted by molar-refractivity contribution is 5.79. The van der Waals surface area contributed by atoms with Gasteiger partial charge >= 0.3 is 0 Å². The van der Waals surface area contributed by atoms with Gasteiger partial charge in [-0.2, -0.15) is 5.26 Å². The van der Waals surface area contributed by atoms with Gasteiger partial charge in [-0.25, -0.2) is 4.98 Å². The van der Waals surface area contributed by atoms with Crippen molar-refractivity contribution in [1.82, 2.24) is 4.98 Å². The van der Waals surface area contributed by atoms with Crippen molar-refractivity contribution in [3.63, 3.8) is 0 Å². The number of rotatable bonds is 1. The standard InChI is InChI=1S/C9H6N2O2/c10-4-6-2-1-3-7-9(6)11-8(5-12)13-7/h1-3,12H,5H2. The number of aliphatic hydroxyl groups excluding tert-OH is 1. The highest BCUT2D eigenvalue weighted by Crippen LogP contribution is 2.18. The van der Waals surface area contributed by atoms with Crippen molar-refractivity contribution in [1.29, 1.82) is 5.26 Å². The van der Waals surface area contributed by atoms with Crippen LogP contribution in [0, 0.1) is 11.3 Å². The summed E-state index contributed by atoms with van der Waals surface area (Å²) in [6.07, 6.45) is 0. The maximum absolute atomic E-state index is 8.76. The zero-order valence-electron chi connectivity index (χ0n) is 6.69. The first kappa shape index (κ1) is 7.77. The number of oxazole rings is 1. The van der Waals surface area contributed by atoms with Crippen LogP contribution in [0.3, 0.4) is 0 Å². The van der Waals surface area contributed by atoms with E-state index in [1.807, 2.05) is 6.07 Å². The maximum Gasteiger partial charge on any atom is 0.221 e. The third-order valence-electron chi connectivity index (χ3n) is 1.72. The molecule has 1 aromatic carbocycles. The first-order chi connectivity index (χ1) is 6.35. The zero-order valence-corrected chi connectivity index (χ0v) is 6.69. The molecular weight excluding hydrogens is 168 g/mol. The van der Waals surface area contributed by atoms with Crippen LogP contribution in [0.2, 0.25) is 0 Å². The van der Waals surface area contributed by atoms with Crippen molar-refractivity contribution in [2.45, 2.75) is 6.61 Å². The Morgan fingerprint density at radius 2 is 2.38 bits per heavy atom. The SMILES string of the molecule is N#Cc1cccc2oc(CO)nc12. The average molecular weight is 174 g/mol. The minimum atomic E-state index is -0.250. The predicted octanol–water partition coefficient (Wildman–Crippen LogP) is 1.19. The number of nitriles is 1. The molecule has 0 saturated carbocycles. The first-order valence-corrected chi connectivity index (χ1v) is 3.74. The van der Waals surface area contributed by atoms with Gasteiger partial charge in [0.2, 0.25) is 5.89 Å². The molecule has 4 nitrogen and oxygen atoms in total. The summed E-state index contributed by atoms with van der Waals surface area (Å²) in [7, 11) is 0. The summed E-state index contributed by atoms with van der Waals surface area (Å²) in [4.78, 5) is 3.96. The Kier molecular flexibility index (Phi) is 1.72. The molecule has 0 radical (unpaired) electrons. The Bertz CT molecular complexity index is 482. The van der Waals surface area contributed by atoms with Crippen LogP contribution in [-0.4, -0.2) is 10.1 Å². The van der Waals surface area contributed by atoms with E-state index >= 15 is 0 Å². The third-order valence-corrected chi connectivity index (χ3v) is 1.72. The molecule has 1 N–H and O–H groups in total. The molecule has 0 spiro atoms. The van der Waals surface area contributed by atoms with Crippen molar-refractivity contribution in [2.24, 2.45) is 0 Å². The van der Waals surface area contributed by atoms with Crippen LogP contribution in [0.5, 0.6) is 0 Å². The lowest BCUT2D eigenvalue weighted by atomic mass is 10.2. The van der Waals surface area contributed by atoms with Gasteiger partial charge in [-0.15, -0.1) is 0 Å². The van der Waals surface area contributed by atoms with Crippen molar-refractivity contribution in [3.8, 4) is 6.07 Å². The summed E-state index contributed by atoms with van der Waals surface area (Å²) in [6.45, 7) is -0.250. The second kappa shape index (κ2) is 2.88. The van der Waals surface area contributed by atoms with E-state index in [0.29, 0.717) is 16.7 Å². The largest absolute Gasteiger partial charge is 0.438 e. The fraction of sp³-hybridized carbons (Fsp3) is 0.111. The van der Waals surface area contributed by atoms with Gasteiger partial charge in [0.1, 0.15) is 18.2 Å². The highest BCUT2D eigenvalue weighted by atomic mass is 16.4. The van der Waals surface area contributed by atoms with Crippen LogP contribution in [0.1, 0.15) is 11.5 Å². The van der Waals surface area contributed by atoms with Gasteiger partial charge < -0.3 is 9.52 Å². The minimum Gasteiger partial charge on any atom is -0.438 e. The fourth-order valence-corrected chi connectivity index (χ4v) is 1.15. The summed E-state index contributed by atoms with van der Waals surface area (Å²) in [5, 5.41) is 17.5. The van der Waals surface area contributed by atoms with Crippen LogP contribution in [0.15, 0.2) is 22.6 Å². The predicted molar refractivity (Wildman–Crippen MR) is 44.6 cm³/mol. The topological polar surface area (TPSA) is 70.0 Å². The molecule has 0 fully saturated rings. The Morgan fingerprint density at radius 1 is 1.54 bits per heavy atom. The van der Waals surface area contributed by atoms with Crippen LogP contribution in [0.25, 0.3) is 11.1 Å². The molecule has 0 aliphatic carbocycles. The quantitative estimate of drug-likeness (QED) is 0.704. The second-order valence-electron chi connectivity index (χ2n) is 2.53. The smallest absolute Gasteiger partial charge is 0.221 e. The summed E-state index contributed by atoms with van der Waals surface area (Å²) in [5.41, 5.74) is 1.50. The minimum absolute atomic E-state index is 0.234. The van der Waals surface area contributed by atoms with E-state index in [1.165, 1.54) is 0 Å². The second-order valence-corrected chi connectivity index (χ2v) is 2.53. The summed E-state index contributed by atoms with van der Waals surface area (Å²) < 4.78 is 5.15. The van der Waals surface area contributed by atoms with Crippen molar-refractivity contribution in [3.05, 3.63) is 29.7 Å². The lowest BCUT2D eigenvalue weighted by Gasteiger charge is -1.86. The number of fused-ring (bicyclic) bond motifs is 1. The Balaban J connectivity index is 2.76. The Labute approximate surface area is 74.0 Å². The average Bonchev–Trinajstić information content (AvgIpc) is 2.59. The van der Waals surface area contributed by atoms with E-state index in [0.717, 1.165) is 0 Å².